The number of hydrogen-bond donors (Lipinski definition) is 2. The van der Waals surface area contributed by atoms with E-state index in [0.29, 0.717) is 0 Å². The van der Waals surface area contributed by atoms with Crippen LogP contribution in [0.2, 0.25) is 0 Å². The highest BCUT2D eigenvalue weighted by molar-refractivity contribution is 5.81. The fraction of sp³-hybridized carbons (Fsp3) is 0.400. The van der Waals surface area contributed by atoms with E-state index in [-0.39, 0.29) is 18.9 Å². The molecule has 4 rings (SSSR count). The molecule has 1 heterocycles. The minimum Gasteiger partial charge on any atom is -0.481 e. The summed E-state index contributed by atoms with van der Waals surface area (Å²) in [6, 6.07) is 15.0. The standard InChI is InChI=1S/C25H25F3N2O5/c1-14(10-22(31)30-11-19(23(32)33)21(12-30)25(26,27)28)29-24(34)35-13-20-17-8-4-2-6-15(17)16-7-3-5-9-18(16)20/h2-9,14,19-21H,10-13H2,1H3,(H,29,34)(H,32,33)/t14-,19+,21+/m1/s1. The van der Waals surface area contributed by atoms with Crippen LogP contribution >= 0.6 is 0 Å². The molecule has 0 saturated carbocycles. The highest BCUT2D eigenvalue weighted by Gasteiger charge is 2.53. The van der Waals surface area contributed by atoms with Gasteiger partial charge in [-0.3, -0.25) is 9.59 Å². The van der Waals surface area contributed by atoms with Gasteiger partial charge in [-0.2, -0.15) is 13.2 Å². The number of ether oxygens (including phenoxy) is 1. The highest BCUT2D eigenvalue weighted by Crippen LogP contribution is 2.44. The van der Waals surface area contributed by atoms with E-state index in [0.717, 1.165) is 27.2 Å². The Morgan fingerprint density at radius 2 is 1.63 bits per heavy atom. The largest absolute Gasteiger partial charge is 0.481 e. The normalized spacial score (nSPS) is 20.2. The summed E-state index contributed by atoms with van der Waals surface area (Å²) in [4.78, 5) is 37.0. The number of nitrogens with zero attached hydrogens (tertiary/aromatic N) is 1. The molecule has 2 aliphatic rings. The molecule has 186 valence electrons. The lowest BCUT2D eigenvalue weighted by molar-refractivity contribution is -0.188. The monoisotopic (exact) mass is 490 g/mol. The Hall–Kier alpha value is -3.56. The Morgan fingerprint density at radius 3 is 2.14 bits per heavy atom. The Morgan fingerprint density at radius 1 is 1.06 bits per heavy atom. The van der Waals surface area contributed by atoms with Gasteiger partial charge in [0.25, 0.3) is 0 Å². The first-order chi connectivity index (χ1) is 16.6. The molecule has 2 aromatic carbocycles. The fourth-order valence-electron chi connectivity index (χ4n) is 4.87. The van der Waals surface area contributed by atoms with Gasteiger partial charge in [-0.05, 0) is 29.2 Å². The molecule has 2 amide bonds. The maximum atomic E-state index is 13.2. The Bertz CT molecular complexity index is 1090. The van der Waals surface area contributed by atoms with Crippen molar-refractivity contribution in [1.29, 1.82) is 0 Å². The average Bonchev–Trinajstić information content (AvgIpc) is 3.38. The number of carbonyl (C=O) groups excluding carboxylic acids is 2. The minimum atomic E-state index is -4.72. The number of rotatable bonds is 6. The number of carbonyl (C=O) groups is 3. The van der Waals surface area contributed by atoms with Gasteiger partial charge in [0.2, 0.25) is 5.91 Å². The van der Waals surface area contributed by atoms with Crippen LogP contribution in [0.25, 0.3) is 11.1 Å². The van der Waals surface area contributed by atoms with Crippen molar-refractivity contribution in [3.8, 4) is 11.1 Å². The van der Waals surface area contributed by atoms with E-state index in [1.54, 1.807) is 0 Å². The second-order valence-electron chi connectivity index (χ2n) is 8.97. The third-order valence-electron chi connectivity index (χ3n) is 6.60. The van der Waals surface area contributed by atoms with Crippen LogP contribution in [-0.4, -0.2) is 59.9 Å². The van der Waals surface area contributed by atoms with E-state index < -0.39 is 55.1 Å². The molecular weight excluding hydrogens is 465 g/mol. The van der Waals surface area contributed by atoms with Crippen molar-refractivity contribution in [2.24, 2.45) is 11.8 Å². The molecule has 0 radical (unpaired) electrons. The van der Waals surface area contributed by atoms with Gasteiger partial charge >= 0.3 is 18.2 Å². The number of benzene rings is 2. The molecule has 2 N–H and O–H groups in total. The number of fused-ring (bicyclic) bond motifs is 3. The van der Waals surface area contributed by atoms with Gasteiger partial charge in [0.15, 0.2) is 0 Å². The molecule has 1 fully saturated rings. The number of hydrogen-bond acceptors (Lipinski definition) is 4. The molecule has 2 aromatic rings. The summed E-state index contributed by atoms with van der Waals surface area (Å²) >= 11 is 0. The fourth-order valence-corrected chi connectivity index (χ4v) is 4.87. The molecule has 0 unspecified atom stereocenters. The van der Waals surface area contributed by atoms with E-state index in [9.17, 15) is 27.6 Å². The topological polar surface area (TPSA) is 95.9 Å². The van der Waals surface area contributed by atoms with Gasteiger partial charge in [0, 0.05) is 31.5 Å². The Labute approximate surface area is 199 Å². The smallest absolute Gasteiger partial charge is 0.407 e. The Kier molecular flexibility index (Phi) is 6.73. The van der Waals surface area contributed by atoms with Gasteiger partial charge in [-0.25, -0.2) is 4.79 Å². The zero-order chi connectivity index (χ0) is 25.3. The van der Waals surface area contributed by atoms with E-state index in [1.165, 1.54) is 6.92 Å². The van der Waals surface area contributed by atoms with Gasteiger partial charge < -0.3 is 20.1 Å². The molecule has 1 aliphatic carbocycles. The van der Waals surface area contributed by atoms with Gasteiger partial charge in [-0.15, -0.1) is 0 Å². The number of carboxylic acids is 1. The summed E-state index contributed by atoms with van der Waals surface area (Å²) < 4.78 is 44.9. The van der Waals surface area contributed by atoms with E-state index in [4.69, 9.17) is 9.84 Å². The molecular formula is C25H25F3N2O5. The number of likely N-dealkylation sites (tertiary alicyclic amines) is 1. The van der Waals surface area contributed by atoms with E-state index in [2.05, 4.69) is 5.32 Å². The van der Waals surface area contributed by atoms with Crippen LogP contribution < -0.4 is 5.32 Å². The van der Waals surface area contributed by atoms with Gasteiger partial charge in [0.05, 0.1) is 11.8 Å². The SMILES string of the molecule is C[C@H](CC(=O)N1C[C@H](C(=O)O)[C@@H](C(F)(F)F)C1)NC(=O)OCC1c2ccccc2-c2ccccc21. The van der Waals surface area contributed by atoms with E-state index >= 15 is 0 Å². The van der Waals surface area contributed by atoms with Crippen molar-refractivity contribution in [3.63, 3.8) is 0 Å². The molecule has 0 bridgehead atoms. The predicted octanol–water partition coefficient (Wildman–Crippen LogP) is 4.03. The van der Waals surface area contributed by atoms with Crippen LogP contribution in [0, 0.1) is 11.8 Å². The lowest BCUT2D eigenvalue weighted by atomic mass is 9.96. The van der Waals surface area contributed by atoms with Gasteiger partial charge in [0.1, 0.15) is 6.61 Å². The van der Waals surface area contributed by atoms with Crippen LogP contribution in [0.4, 0.5) is 18.0 Å². The number of alkyl carbamates (subject to hydrolysis) is 1. The molecule has 0 aromatic heterocycles. The number of halogens is 3. The van der Waals surface area contributed by atoms with Crippen LogP contribution in [0.3, 0.4) is 0 Å². The second kappa shape index (κ2) is 9.59. The maximum absolute atomic E-state index is 13.2. The van der Waals surface area contributed by atoms with Crippen molar-refractivity contribution in [1.82, 2.24) is 10.2 Å². The van der Waals surface area contributed by atoms with Crippen molar-refractivity contribution >= 4 is 18.0 Å². The molecule has 35 heavy (non-hydrogen) atoms. The van der Waals surface area contributed by atoms with E-state index in [1.807, 2.05) is 48.5 Å². The third-order valence-corrected chi connectivity index (χ3v) is 6.60. The summed E-state index contributed by atoms with van der Waals surface area (Å²) in [5.41, 5.74) is 4.26. The van der Waals surface area contributed by atoms with Crippen molar-refractivity contribution in [2.45, 2.75) is 31.5 Å². The first kappa shape index (κ1) is 24.6. The summed E-state index contributed by atoms with van der Waals surface area (Å²) in [5.74, 6) is -6.21. The average molecular weight is 490 g/mol. The first-order valence-electron chi connectivity index (χ1n) is 11.2. The Balaban J connectivity index is 1.31. The first-order valence-corrected chi connectivity index (χ1v) is 11.2. The lowest BCUT2D eigenvalue weighted by Crippen LogP contribution is -2.39. The van der Waals surface area contributed by atoms with Crippen molar-refractivity contribution in [3.05, 3.63) is 59.7 Å². The zero-order valence-corrected chi connectivity index (χ0v) is 18.9. The second-order valence-corrected chi connectivity index (χ2v) is 8.97. The summed E-state index contributed by atoms with van der Waals surface area (Å²) in [6.45, 7) is 0.387. The van der Waals surface area contributed by atoms with Crippen LogP contribution in [0.15, 0.2) is 48.5 Å². The molecule has 10 heteroatoms. The van der Waals surface area contributed by atoms with Crippen LogP contribution in [0.1, 0.15) is 30.4 Å². The lowest BCUT2D eigenvalue weighted by Gasteiger charge is -2.21. The number of nitrogens with one attached hydrogen (secondary N) is 1. The number of aliphatic carboxylic acids is 1. The van der Waals surface area contributed by atoms with Crippen LogP contribution in [-0.2, 0) is 14.3 Å². The summed E-state index contributed by atoms with van der Waals surface area (Å²) in [6.07, 6.45) is -5.74. The predicted molar refractivity (Wildman–Crippen MR) is 120 cm³/mol. The molecule has 7 nitrogen and oxygen atoms in total. The van der Waals surface area contributed by atoms with Crippen molar-refractivity contribution in [2.75, 3.05) is 19.7 Å². The summed E-state index contributed by atoms with van der Waals surface area (Å²) in [5, 5.41) is 11.6. The summed E-state index contributed by atoms with van der Waals surface area (Å²) in [7, 11) is 0. The van der Waals surface area contributed by atoms with Crippen molar-refractivity contribution < 1.29 is 37.4 Å². The number of alkyl halides is 3. The molecule has 1 aliphatic heterocycles. The molecule has 0 spiro atoms. The maximum Gasteiger partial charge on any atom is 0.407 e. The quantitative estimate of drug-likeness (QED) is 0.638. The highest BCUT2D eigenvalue weighted by atomic mass is 19.4. The number of carboxylic acid groups (broad SMARTS) is 1. The molecule has 3 atom stereocenters. The number of amides is 2. The van der Waals surface area contributed by atoms with Gasteiger partial charge in [-0.1, -0.05) is 48.5 Å². The molecule has 1 saturated heterocycles. The third kappa shape index (κ3) is 5.11. The minimum absolute atomic E-state index is 0.0835. The van der Waals surface area contributed by atoms with Crippen LogP contribution in [0.5, 0.6) is 0 Å². The zero-order valence-electron chi connectivity index (χ0n) is 18.9.